The minimum absolute atomic E-state index is 0.256. The lowest BCUT2D eigenvalue weighted by Gasteiger charge is -2.04. The van der Waals surface area contributed by atoms with Crippen molar-refractivity contribution in [2.75, 3.05) is 5.32 Å². The highest BCUT2D eigenvalue weighted by atomic mass is 35.5. The number of hydrogen-bond donors (Lipinski definition) is 2. The maximum Gasteiger partial charge on any atom is 0.273 e. The van der Waals surface area contributed by atoms with Crippen LogP contribution in [0.3, 0.4) is 0 Å². The van der Waals surface area contributed by atoms with Crippen LogP contribution in [0, 0.1) is 0 Å². The zero-order valence-corrected chi connectivity index (χ0v) is 11.1. The Morgan fingerprint density at radius 2 is 1.89 bits per heavy atom. The summed E-state index contributed by atoms with van der Waals surface area (Å²) < 4.78 is 1.22. The first-order valence-electron chi connectivity index (χ1n) is 5.21. The van der Waals surface area contributed by atoms with E-state index in [-0.39, 0.29) is 11.4 Å². The van der Waals surface area contributed by atoms with Crippen LogP contribution in [-0.2, 0) is 4.79 Å². The molecule has 0 atom stereocenters. The monoisotopic (exact) mass is 297 g/mol. The molecule has 0 radical (unpaired) electrons. The van der Waals surface area contributed by atoms with E-state index >= 15 is 0 Å². The van der Waals surface area contributed by atoms with Crippen LogP contribution in [-0.4, -0.2) is 15.7 Å². The molecule has 0 spiro atoms. The Balaban J connectivity index is 2.43. The minimum atomic E-state index is -0.419. The van der Waals surface area contributed by atoms with Gasteiger partial charge in [-0.2, -0.15) is 0 Å². The molecule has 19 heavy (non-hydrogen) atoms. The molecule has 0 saturated carbocycles. The molecular formula is C12H9Cl2N3O2. The Bertz CT molecular complexity index is 683. The zero-order chi connectivity index (χ0) is 14.0. The normalized spacial score (nSPS) is 10.2. The van der Waals surface area contributed by atoms with Gasteiger partial charge >= 0.3 is 0 Å². The second-order valence-electron chi connectivity index (χ2n) is 3.66. The van der Waals surface area contributed by atoms with Crippen LogP contribution in [0.5, 0.6) is 0 Å². The lowest BCUT2D eigenvalue weighted by Crippen LogP contribution is -2.13. The van der Waals surface area contributed by atoms with Crippen molar-refractivity contribution in [2.24, 2.45) is 0 Å². The number of carbonyl (C=O) groups is 1. The number of anilines is 1. The van der Waals surface area contributed by atoms with Gasteiger partial charge < -0.3 is 5.32 Å². The fraction of sp³-hybridized carbons (Fsp3) is 0. The standard InChI is InChI=1S/C12H9Cl2N3O2/c1-2-11(18)15-10-6-12(19)17(16-10)9-4-7(13)3-8(14)5-9/h2-6,16H,1H2,(H,15,18). The Hall–Kier alpha value is -1.98. The van der Waals surface area contributed by atoms with Crippen LogP contribution in [0.25, 0.3) is 5.69 Å². The van der Waals surface area contributed by atoms with Gasteiger partial charge in [-0.15, -0.1) is 0 Å². The fourth-order valence-corrected chi connectivity index (χ4v) is 2.02. The lowest BCUT2D eigenvalue weighted by atomic mass is 10.3. The number of aromatic amines is 1. The molecule has 0 unspecified atom stereocenters. The molecule has 0 saturated heterocycles. The van der Waals surface area contributed by atoms with Gasteiger partial charge in [0, 0.05) is 16.1 Å². The molecule has 0 aliphatic rings. The largest absolute Gasteiger partial charge is 0.307 e. The Morgan fingerprint density at radius 1 is 1.26 bits per heavy atom. The highest BCUT2D eigenvalue weighted by Crippen LogP contribution is 2.20. The number of amides is 1. The smallest absolute Gasteiger partial charge is 0.273 e. The summed E-state index contributed by atoms with van der Waals surface area (Å²) >= 11 is 11.7. The van der Waals surface area contributed by atoms with Gasteiger partial charge in [0.25, 0.3) is 5.56 Å². The van der Waals surface area contributed by atoms with Crippen LogP contribution < -0.4 is 10.9 Å². The summed E-state index contributed by atoms with van der Waals surface area (Å²) in [5.41, 5.74) is 0.124. The van der Waals surface area contributed by atoms with Crippen molar-refractivity contribution in [2.45, 2.75) is 0 Å². The zero-order valence-electron chi connectivity index (χ0n) is 9.61. The van der Waals surface area contributed by atoms with E-state index in [0.29, 0.717) is 15.7 Å². The van der Waals surface area contributed by atoms with E-state index in [4.69, 9.17) is 23.2 Å². The van der Waals surface area contributed by atoms with Crippen molar-refractivity contribution in [1.29, 1.82) is 0 Å². The highest BCUT2D eigenvalue weighted by Gasteiger charge is 2.08. The molecule has 2 aromatic rings. The van der Waals surface area contributed by atoms with Crippen LogP contribution in [0.4, 0.5) is 5.82 Å². The van der Waals surface area contributed by atoms with Crippen molar-refractivity contribution < 1.29 is 4.79 Å². The molecule has 7 heteroatoms. The molecule has 1 heterocycles. The van der Waals surface area contributed by atoms with E-state index in [1.165, 1.54) is 10.7 Å². The predicted molar refractivity (Wildman–Crippen MR) is 75.2 cm³/mol. The van der Waals surface area contributed by atoms with E-state index in [0.717, 1.165) is 6.08 Å². The molecule has 2 rings (SSSR count). The van der Waals surface area contributed by atoms with E-state index < -0.39 is 5.91 Å². The van der Waals surface area contributed by atoms with Crippen molar-refractivity contribution in [3.8, 4) is 5.69 Å². The summed E-state index contributed by atoms with van der Waals surface area (Å²) in [5.74, 6) is -0.163. The quantitative estimate of drug-likeness (QED) is 0.855. The third-order valence-corrected chi connectivity index (χ3v) is 2.71. The number of hydrogen-bond acceptors (Lipinski definition) is 2. The summed E-state index contributed by atoms with van der Waals surface area (Å²) in [6, 6.07) is 5.95. The van der Waals surface area contributed by atoms with Gasteiger partial charge in [0.1, 0.15) is 5.82 Å². The van der Waals surface area contributed by atoms with Crippen molar-refractivity contribution in [3.63, 3.8) is 0 Å². The molecule has 1 amide bonds. The summed E-state index contributed by atoms with van der Waals surface area (Å²) in [6.07, 6.45) is 1.10. The summed E-state index contributed by atoms with van der Waals surface area (Å²) in [4.78, 5) is 22.9. The van der Waals surface area contributed by atoms with E-state index in [2.05, 4.69) is 17.0 Å². The number of carbonyl (C=O) groups excluding carboxylic acids is 1. The van der Waals surface area contributed by atoms with Crippen molar-refractivity contribution >= 4 is 34.9 Å². The number of benzene rings is 1. The van der Waals surface area contributed by atoms with Gasteiger partial charge in [-0.05, 0) is 24.3 Å². The molecule has 0 bridgehead atoms. The number of nitrogens with zero attached hydrogens (tertiary/aromatic N) is 1. The number of halogens is 2. The van der Waals surface area contributed by atoms with Crippen molar-refractivity contribution in [3.05, 3.63) is 57.3 Å². The van der Waals surface area contributed by atoms with Crippen LogP contribution >= 0.6 is 23.2 Å². The Kier molecular flexibility index (Phi) is 3.78. The van der Waals surface area contributed by atoms with Crippen molar-refractivity contribution in [1.82, 2.24) is 9.78 Å². The second kappa shape index (κ2) is 5.34. The first-order valence-corrected chi connectivity index (χ1v) is 5.97. The molecule has 1 aromatic carbocycles. The van der Waals surface area contributed by atoms with Gasteiger partial charge in [0.15, 0.2) is 0 Å². The Labute approximate surface area is 118 Å². The molecule has 0 aliphatic heterocycles. The van der Waals surface area contributed by atoms with E-state index in [1.807, 2.05) is 0 Å². The molecule has 0 aliphatic carbocycles. The predicted octanol–water partition coefficient (Wildman–Crippen LogP) is 2.60. The molecule has 0 fully saturated rings. The fourth-order valence-electron chi connectivity index (χ4n) is 1.50. The van der Waals surface area contributed by atoms with Gasteiger partial charge in [-0.1, -0.05) is 29.8 Å². The third-order valence-electron chi connectivity index (χ3n) is 2.27. The third kappa shape index (κ3) is 3.07. The van der Waals surface area contributed by atoms with Crippen LogP contribution in [0.15, 0.2) is 41.7 Å². The number of rotatable bonds is 3. The van der Waals surface area contributed by atoms with Gasteiger partial charge in [0.05, 0.1) is 5.69 Å². The second-order valence-corrected chi connectivity index (χ2v) is 4.54. The van der Waals surface area contributed by atoms with Crippen LogP contribution in [0.1, 0.15) is 0 Å². The van der Waals surface area contributed by atoms with Crippen LogP contribution in [0.2, 0.25) is 10.0 Å². The lowest BCUT2D eigenvalue weighted by molar-refractivity contribution is -0.111. The highest BCUT2D eigenvalue weighted by molar-refractivity contribution is 6.34. The van der Waals surface area contributed by atoms with E-state index in [1.54, 1.807) is 18.2 Å². The maximum atomic E-state index is 11.8. The summed E-state index contributed by atoms with van der Waals surface area (Å²) in [6.45, 7) is 3.32. The topological polar surface area (TPSA) is 66.9 Å². The van der Waals surface area contributed by atoms with Gasteiger partial charge in [-0.3, -0.25) is 14.7 Å². The molecular weight excluding hydrogens is 289 g/mol. The molecule has 98 valence electrons. The number of nitrogens with one attached hydrogen (secondary N) is 2. The summed E-state index contributed by atoms with van der Waals surface area (Å²) in [7, 11) is 0. The first-order chi connectivity index (χ1) is 8.99. The SMILES string of the molecule is C=CC(=O)Nc1cc(=O)n(-c2cc(Cl)cc(Cl)c2)[nH]1. The average molecular weight is 298 g/mol. The maximum absolute atomic E-state index is 11.8. The minimum Gasteiger partial charge on any atom is -0.307 e. The average Bonchev–Trinajstić information content (AvgIpc) is 2.68. The summed E-state index contributed by atoms with van der Waals surface area (Å²) in [5, 5.41) is 5.98. The number of aromatic nitrogens is 2. The number of H-pyrrole nitrogens is 1. The van der Waals surface area contributed by atoms with Gasteiger partial charge in [0.2, 0.25) is 5.91 Å². The molecule has 2 N–H and O–H groups in total. The first kappa shape index (κ1) is 13.5. The Morgan fingerprint density at radius 3 is 2.47 bits per heavy atom. The molecule has 1 aromatic heterocycles. The van der Waals surface area contributed by atoms with E-state index in [9.17, 15) is 9.59 Å². The van der Waals surface area contributed by atoms with Gasteiger partial charge in [-0.25, -0.2) is 4.68 Å². The molecule has 5 nitrogen and oxygen atoms in total.